The van der Waals surface area contributed by atoms with E-state index in [0.717, 1.165) is 4.88 Å². The molecule has 106 valence electrons. The topological polar surface area (TPSA) is 90.0 Å². The molecule has 0 unspecified atom stereocenters. The number of nitrogens with zero attached hydrogens (tertiary/aromatic N) is 2. The van der Waals surface area contributed by atoms with Crippen molar-refractivity contribution in [3.8, 4) is 11.5 Å². The van der Waals surface area contributed by atoms with Crippen LogP contribution in [0, 0.1) is 0 Å². The lowest BCUT2D eigenvalue weighted by Crippen LogP contribution is -2.13. The molecule has 0 atom stereocenters. The number of hydrogen-bond donors (Lipinski definition) is 2. The Kier molecular flexibility index (Phi) is 4.78. The smallest absolute Gasteiger partial charge is 0.170 e. The van der Waals surface area contributed by atoms with E-state index < -0.39 is 0 Å². The molecule has 0 aliphatic carbocycles. The van der Waals surface area contributed by atoms with Gasteiger partial charge in [0.25, 0.3) is 0 Å². The first-order valence-electron chi connectivity index (χ1n) is 5.99. The summed E-state index contributed by atoms with van der Waals surface area (Å²) in [5.74, 6) is 1.19. The van der Waals surface area contributed by atoms with Crippen molar-refractivity contribution in [1.82, 2.24) is 4.98 Å². The summed E-state index contributed by atoms with van der Waals surface area (Å²) in [5, 5.41) is 11.7. The van der Waals surface area contributed by atoms with E-state index in [1.165, 1.54) is 11.3 Å². The van der Waals surface area contributed by atoms with E-state index in [2.05, 4.69) is 10.1 Å². The van der Waals surface area contributed by atoms with Crippen LogP contribution in [0.25, 0.3) is 0 Å². The van der Waals surface area contributed by atoms with Crippen LogP contribution in [0.1, 0.15) is 17.4 Å². The number of amidine groups is 1. The Morgan fingerprint density at radius 3 is 2.90 bits per heavy atom. The van der Waals surface area contributed by atoms with Crippen LogP contribution in [0.2, 0.25) is 0 Å². The van der Waals surface area contributed by atoms with Crippen LogP contribution in [-0.4, -0.2) is 22.6 Å². The summed E-state index contributed by atoms with van der Waals surface area (Å²) in [6, 6.07) is 5.12. The monoisotopic (exact) mass is 293 g/mol. The highest BCUT2D eigenvalue weighted by Crippen LogP contribution is 2.29. The van der Waals surface area contributed by atoms with Gasteiger partial charge in [0.15, 0.2) is 17.3 Å². The van der Waals surface area contributed by atoms with Gasteiger partial charge in [-0.3, -0.25) is 4.98 Å². The molecule has 1 aromatic carbocycles. The number of ether oxygens (including phenoxy) is 2. The number of rotatable bonds is 6. The lowest BCUT2D eigenvalue weighted by atomic mass is 10.2. The van der Waals surface area contributed by atoms with Crippen LogP contribution in [0.15, 0.2) is 35.1 Å². The minimum absolute atomic E-state index is 0.0277. The number of nitrogens with two attached hydrogens (primary N) is 1. The Hall–Kier alpha value is -2.28. The Morgan fingerprint density at radius 2 is 2.25 bits per heavy atom. The number of hydrogen-bond acceptors (Lipinski definition) is 6. The average molecular weight is 293 g/mol. The van der Waals surface area contributed by atoms with E-state index in [4.69, 9.17) is 20.4 Å². The maximum atomic E-state index is 8.69. The normalized spacial score (nSPS) is 11.3. The Morgan fingerprint density at radius 1 is 1.40 bits per heavy atom. The fraction of sp³-hybridized carbons (Fsp3) is 0.231. The van der Waals surface area contributed by atoms with E-state index in [1.54, 1.807) is 29.9 Å². The van der Waals surface area contributed by atoms with E-state index >= 15 is 0 Å². The molecule has 0 amide bonds. The second kappa shape index (κ2) is 6.76. The fourth-order valence-electron chi connectivity index (χ4n) is 1.57. The van der Waals surface area contributed by atoms with Gasteiger partial charge in [0, 0.05) is 11.8 Å². The fourth-order valence-corrected chi connectivity index (χ4v) is 2.08. The third-order valence-corrected chi connectivity index (χ3v) is 3.25. The quantitative estimate of drug-likeness (QED) is 0.369. The number of thiazole rings is 1. The third-order valence-electron chi connectivity index (χ3n) is 2.50. The molecule has 0 bridgehead atoms. The number of oxime groups is 1. The van der Waals surface area contributed by atoms with Crippen LogP contribution >= 0.6 is 11.3 Å². The van der Waals surface area contributed by atoms with Gasteiger partial charge in [-0.05, 0) is 25.1 Å². The largest absolute Gasteiger partial charge is 0.490 e. The summed E-state index contributed by atoms with van der Waals surface area (Å²) in [4.78, 5) is 5.01. The molecule has 2 rings (SSSR count). The zero-order chi connectivity index (χ0) is 14.4. The van der Waals surface area contributed by atoms with Gasteiger partial charge in [-0.1, -0.05) is 5.16 Å². The molecule has 6 nitrogen and oxygen atoms in total. The van der Waals surface area contributed by atoms with Crippen molar-refractivity contribution in [2.24, 2.45) is 10.9 Å². The van der Waals surface area contributed by atoms with Crippen molar-refractivity contribution in [1.29, 1.82) is 0 Å². The molecule has 0 saturated heterocycles. The predicted octanol–water partition coefficient (Wildman–Crippen LogP) is 2.22. The molecule has 20 heavy (non-hydrogen) atoms. The first kappa shape index (κ1) is 14.1. The Bertz CT molecular complexity index is 585. The van der Waals surface area contributed by atoms with E-state index in [9.17, 15) is 0 Å². The number of benzene rings is 1. The first-order chi connectivity index (χ1) is 9.74. The molecule has 0 radical (unpaired) electrons. The summed E-state index contributed by atoms with van der Waals surface area (Å²) in [7, 11) is 0. The van der Waals surface area contributed by atoms with Gasteiger partial charge < -0.3 is 20.4 Å². The molecule has 1 aromatic heterocycles. The summed E-state index contributed by atoms with van der Waals surface area (Å²) in [6.07, 6.45) is 1.76. The standard InChI is InChI=1S/C13H15N3O3S/c1-2-18-12-5-9(13(14)16-17)3-4-11(12)19-7-10-6-15-8-20-10/h3-6,8,17H,2,7H2,1H3,(H2,14,16). The maximum Gasteiger partial charge on any atom is 0.170 e. The zero-order valence-corrected chi connectivity index (χ0v) is 11.8. The van der Waals surface area contributed by atoms with Gasteiger partial charge >= 0.3 is 0 Å². The highest BCUT2D eigenvalue weighted by atomic mass is 32.1. The summed E-state index contributed by atoms with van der Waals surface area (Å²) in [5.41, 5.74) is 7.88. The SMILES string of the molecule is CCOc1cc(/C(N)=N/O)ccc1OCc1cncs1. The highest BCUT2D eigenvalue weighted by molar-refractivity contribution is 7.09. The van der Waals surface area contributed by atoms with Gasteiger partial charge in [-0.2, -0.15) is 0 Å². The van der Waals surface area contributed by atoms with Crippen molar-refractivity contribution in [2.45, 2.75) is 13.5 Å². The molecule has 0 aliphatic rings. The zero-order valence-electron chi connectivity index (χ0n) is 10.9. The summed E-state index contributed by atoms with van der Waals surface area (Å²) < 4.78 is 11.2. The third kappa shape index (κ3) is 3.39. The molecular formula is C13H15N3O3S. The van der Waals surface area contributed by atoms with Crippen molar-refractivity contribution in [2.75, 3.05) is 6.61 Å². The first-order valence-corrected chi connectivity index (χ1v) is 6.87. The van der Waals surface area contributed by atoms with Crippen LogP contribution in [-0.2, 0) is 6.61 Å². The van der Waals surface area contributed by atoms with E-state index in [1.807, 2.05) is 6.92 Å². The molecule has 0 fully saturated rings. The van der Waals surface area contributed by atoms with Crippen LogP contribution in [0.4, 0.5) is 0 Å². The Labute approximate surface area is 120 Å². The molecule has 0 aliphatic heterocycles. The lowest BCUT2D eigenvalue weighted by molar-refractivity contribution is 0.271. The summed E-state index contributed by atoms with van der Waals surface area (Å²) in [6.45, 7) is 2.80. The van der Waals surface area contributed by atoms with Crippen LogP contribution in [0.3, 0.4) is 0 Å². The Balaban J connectivity index is 2.18. The van der Waals surface area contributed by atoms with Gasteiger partial charge in [0.1, 0.15) is 6.61 Å². The minimum atomic E-state index is 0.0277. The van der Waals surface area contributed by atoms with Crippen molar-refractivity contribution >= 4 is 17.2 Å². The average Bonchev–Trinajstić information content (AvgIpc) is 2.98. The van der Waals surface area contributed by atoms with Gasteiger partial charge in [0.05, 0.1) is 17.0 Å². The van der Waals surface area contributed by atoms with Crippen LogP contribution in [0.5, 0.6) is 11.5 Å². The maximum absolute atomic E-state index is 8.69. The summed E-state index contributed by atoms with van der Waals surface area (Å²) >= 11 is 1.52. The minimum Gasteiger partial charge on any atom is -0.490 e. The molecule has 2 aromatic rings. The lowest BCUT2D eigenvalue weighted by Gasteiger charge is -2.12. The van der Waals surface area contributed by atoms with Crippen LogP contribution < -0.4 is 15.2 Å². The van der Waals surface area contributed by atoms with Crippen molar-refractivity contribution in [3.63, 3.8) is 0 Å². The molecule has 7 heteroatoms. The van der Waals surface area contributed by atoms with E-state index in [0.29, 0.717) is 30.3 Å². The predicted molar refractivity (Wildman–Crippen MR) is 76.6 cm³/mol. The van der Waals surface area contributed by atoms with Crippen molar-refractivity contribution < 1.29 is 14.7 Å². The molecule has 1 heterocycles. The molecule has 3 N–H and O–H groups in total. The second-order valence-electron chi connectivity index (χ2n) is 3.84. The number of aromatic nitrogens is 1. The van der Waals surface area contributed by atoms with Gasteiger partial charge in [0.2, 0.25) is 0 Å². The molecule has 0 spiro atoms. The van der Waals surface area contributed by atoms with E-state index in [-0.39, 0.29) is 5.84 Å². The highest BCUT2D eigenvalue weighted by Gasteiger charge is 2.09. The van der Waals surface area contributed by atoms with Gasteiger partial charge in [-0.15, -0.1) is 11.3 Å². The molecule has 0 saturated carbocycles. The second-order valence-corrected chi connectivity index (χ2v) is 4.81. The van der Waals surface area contributed by atoms with Gasteiger partial charge in [-0.25, -0.2) is 0 Å². The molecular weight excluding hydrogens is 278 g/mol. The van der Waals surface area contributed by atoms with Crippen molar-refractivity contribution in [3.05, 3.63) is 40.3 Å².